The summed E-state index contributed by atoms with van der Waals surface area (Å²) in [6.45, 7) is 10.2. The summed E-state index contributed by atoms with van der Waals surface area (Å²) in [5.74, 6) is -3.03. The van der Waals surface area contributed by atoms with Crippen molar-refractivity contribution in [2.75, 3.05) is 0 Å². The average molecular weight is 284 g/mol. The van der Waals surface area contributed by atoms with Crippen LogP contribution in [0.3, 0.4) is 0 Å². The lowest BCUT2D eigenvalue weighted by Gasteiger charge is -2.23. The molecule has 0 aromatic rings. The van der Waals surface area contributed by atoms with Crippen LogP contribution in [-0.2, 0) is 9.59 Å². The van der Waals surface area contributed by atoms with Crippen LogP contribution in [0, 0.1) is 29.6 Å². The number of allylic oxidation sites excluding steroid dienone is 2. The maximum Gasteiger partial charge on any atom is 0.318 e. The highest BCUT2D eigenvalue weighted by molar-refractivity contribution is 5.93. The van der Waals surface area contributed by atoms with Gasteiger partial charge in [0.2, 0.25) is 0 Å². The summed E-state index contributed by atoms with van der Waals surface area (Å²) in [6.07, 6.45) is 5.41. The molecule has 0 rings (SSSR count). The standard InChI is InChI=1S/C16H28O4/c1-10(2)12(5)8-6-7-9-13(11(3)4)14(15(17)18)16(19)20/h6-7,10-14H,8-9H2,1-5H3,(H,17,18)(H,19,20)/t12-,13-/m0/s1. The van der Waals surface area contributed by atoms with E-state index in [-0.39, 0.29) is 11.8 Å². The molecule has 2 N–H and O–H groups in total. The number of carboxylic acid groups (broad SMARTS) is 2. The van der Waals surface area contributed by atoms with E-state index in [1.807, 2.05) is 26.0 Å². The van der Waals surface area contributed by atoms with Crippen molar-refractivity contribution in [3.05, 3.63) is 12.2 Å². The first-order valence-corrected chi connectivity index (χ1v) is 7.29. The van der Waals surface area contributed by atoms with Crippen LogP contribution < -0.4 is 0 Å². The molecule has 0 amide bonds. The largest absolute Gasteiger partial charge is 0.481 e. The van der Waals surface area contributed by atoms with Gasteiger partial charge in [0, 0.05) is 0 Å². The molecule has 0 saturated carbocycles. The van der Waals surface area contributed by atoms with Crippen LogP contribution in [0.4, 0.5) is 0 Å². The molecule has 0 radical (unpaired) electrons. The fraction of sp³-hybridized carbons (Fsp3) is 0.750. The molecule has 0 aliphatic carbocycles. The number of carbonyl (C=O) groups is 2. The van der Waals surface area contributed by atoms with Gasteiger partial charge in [-0.3, -0.25) is 9.59 Å². The van der Waals surface area contributed by atoms with Gasteiger partial charge in [-0.25, -0.2) is 0 Å². The molecule has 0 aliphatic heterocycles. The Morgan fingerprint density at radius 3 is 1.65 bits per heavy atom. The van der Waals surface area contributed by atoms with Crippen molar-refractivity contribution in [1.82, 2.24) is 0 Å². The van der Waals surface area contributed by atoms with Crippen LogP contribution in [0.2, 0.25) is 0 Å². The molecule has 116 valence electrons. The van der Waals surface area contributed by atoms with Gasteiger partial charge in [-0.05, 0) is 36.5 Å². The topological polar surface area (TPSA) is 74.6 Å². The number of aliphatic carboxylic acids is 2. The molecule has 4 nitrogen and oxygen atoms in total. The number of carboxylic acids is 2. The third kappa shape index (κ3) is 6.22. The SMILES string of the molecule is CC(C)[C@H](CC=CC[C@H](C)C(C)C)C(C(=O)O)C(=O)O. The monoisotopic (exact) mass is 284 g/mol. The maximum atomic E-state index is 11.1. The average Bonchev–Trinajstić information content (AvgIpc) is 2.30. The Morgan fingerprint density at radius 2 is 1.30 bits per heavy atom. The first-order valence-electron chi connectivity index (χ1n) is 7.29. The second-order valence-corrected chi connectivity index (χ2v) is 6.23. The molecular formula is C16H28O4. The van der Waals surface area contributed by atoms with Gasteiger partial charge in [-0.1, -0.05) is 46.8 Å². The lowest BCUT2D eigenvalue weighted by atomic mass is 9.80. The fourth-order valence-electron chi connectivity index (χ4n) is 2.10. The van der Waals surface area contributed by atoms with E-state index in [4.69, 9.17) is 10.2 Å². The van der Waals surface area contributed by atoms with Crippen LogP contribution in [0.15, 0.2) is 12.2 Å². The van der Waals surface area contributed by atoms with Crippen molar-refractivity contribution < 1.29 is 19.8 Å². The quantitative estimate of drug-likeness (QED) is 0.500. The molecule has 20 heavy (non-hydrogen) atoms. The van der Waals surface area contributed by atoms with Gasteiger partial charge in [0.15, 0.2) is 5.92 Å². The minimum absolute atomic E-state index is 0.0133. The van der Waals surface area contributed by atoms with Crippen molar-refractivity contribution in [3.63, 3.8) is 0 Å². The molecule has 0 spiro atoms. The van der Waals surface area contributed by atoms with Crippen LogP contribution in [0.1, 0.15) is 47.5 Å². The van der Waals surface area contributed by atoms with Gasteiger partial charge in [0.1, 0.15) is 0 Å². The predicted octanol–water partition coefficient (Wildman–Crippen LogP) is 3.67. The third-order valence-corrected chi connectivity index (χ3v) is 4.04. The second kappa shape index (κ2) is 8.77. The minimum atomic E-state index is -1.33. The number of rotatable bonds is 9. The van der Waals surface area contributed by atoms with E-state index in [2.05, 4.69) is 20.8 Å². The summed E-state index contributed by atoms with van der Waals surface area (Å²) in [6, 6.07) is 0. The van der Waals surface area contributed by atoms with Crippen LogP contribution in [0.25, 0.3) is 0 Å². The Bertz CT molecular complexity index is 330. The number of hydrogen-bond acceptors (Lipinski definition) is 2. The minimum Gasteiger partial charge on any atom is -0.481 e. The van der Waals surface area contributed by atoms with E-state index in [9.17, 15) is 9.59 Å². The van der Waals surface area contributed by atoms with Crippen molar-refractivity contribution >= 4 is 11.9 Å². The Kier molecular flexibility index (Phi) is 8.19. The molecule has 0 fully saturated rings. The summed E-state index contributed by atoms with van der Waals surface area (Å²) in [5.41, 5.74) is 0. The van der Waals surface area contributed by atoms with E-state index in [1.54, 1.807) is 0 Å². The summed E-state index contributed by atoms with van der Waals surface area (Å²) in [4.78, 5) is 22.2. The summed E-state index contributed by atoms with van der Waals surface area (Å²) >= 11 is 0. The molecule has 0 bridgehead atoms. The van der Waals surface area contributed by atoms with Gasteiger partial charge < -0.3 is 10.2 Å². The molecular weight excluding hydrogens is 256 g/mol. The zero-order valence-electron chi connectivity index (χ0n) is 13.2. The van der Waals surface area contributed by atoms with Crippen LogP contribution >= 0.6 is 0 Å². The third-order valence-electron chi connectivity index (χ3n) is 4.04. The molecule has 0 aromatic carbocycles. The molecule has 0 heterocycles. The highest BCUT2D eigenvalue weighted by Crippen LogP contribution is 2.26. The van der Waals surface area contributed by atoms with Gasteiger partial charge in [-0.2, -0.15) is 0 Å². The highest BCUT2D eigenvalue weighted by atomic mass is 16.4. The van der Waals surface area contributed by atoms with Crippen molar-refractivity contribution in [3.8, 4) is 0 Å². The van der Waals surface area contributed by atoms with E-state index in [1.165, 1.54) is 0 Å². The zero-order valence-corrected chi connectivity index (χ0v) is 13.2. The van der Waals surface area contributed by atoms with Crippen molar-refractivity contribution in [2.45, 2.75) is 47.5 Å². The van der Waals surface area contributed by atoms with Crippen LogP contribution in [0.5, 0.6) is 0 Å². The van der Waals surface area contributed by atoms with Gasteiger partial charge >= 0.3 is 11.9 Å². The molecule has 0 saturated heterocycles. The number of hydrogen-bond donors (Lipinski definition) is 2. The lowest BCUT2D eigenvalue weighted by molar-refractivity contribution is -0.158. The van der Waals surface area contributed by atoms with Gasteiger partial charge in [0.25, 0.3) is 0 Å². The second-order valence-electron chi connectivity index (χ2n) is 6.23. The van der Waals surface area contributed by atoms with E-state index < -0.39 is 17.9 Å². The fourth-order valence-corrected chi connectivity index (χ4v) is 2.10. The normalized spacial score (nSPS) is 15.2. The molecule has 0 aromatic heterocycles. The van der Waals surface area contributed by atoms with E-state index in [0.29, 0.717) is 18.3 Å². The smallest absolute Gasteiger partial charge is 0.318 e. The van der Waals surface area contributed by atoms with Gasteiger partial charge in [-0.15, -0.1) is 0 Å². The molecule has 0 aliphatic rings. The first-order chi connectivity index (χ1) is 9.18. The lowest BCUT2D eigenvalue weighted by Crippen LogP contribution is -2.33. The summed E-state index contributed by atoms with van der Waals surface area (Å²) in [7, 11) is 0. The van der Waals surface area contributed by atoms with E-state index >= 15 is 0 Å². The Hall–Kier alpha value is -1.32. The molecule has 4 heteroatoms. The Balaban J connectivity index is 4.67. The zero-order chi connectivity index (χ0) is 15.9. The summed E-state index contributed by atoms with van der Waals surface area (Å²) < 4.78 is 0. The molecule has 2 atom stereocenters. The first kappa shape index (κ1) is 18.7. The maximum absolute atomic E-state index is 11.1. The molecule has 0 unspecified atom stereocenters. The van der Waals surface area contributed by atoms with E-state index in [0.717, 1.165) is 6.42 Å². The summed E-state index contributed by atoms with van der Waals surface area (Å²) in [5, 5.41) is 18.2. The van der Waals surface area contributed by atoms with Crippen molar-refractivity contribution in [2.24, 2.45) is 29.6 Å². The van der Waals surface area contributed by atoms with Gasteiger partial charge in [0.05, 0.1) is 0 Å². The van der Waals surface area contributed by atoms with Crippen molar-refractivity contribution in [1.29, 1.82) is 0 Å². The van der Waals surface area contributed by atoms with Crippen LogP contribution in [-0.4, -0.2) is 22.2 Å². The Labute approximate surface area is 121 Å². The predicted molar refractivity (Wildman–Crippen MR) is 79.5 cm³/mol. The highest BCUT2D eigenvalue weighted by Gasteiger charge is 2.35. The Morgan fingerprint density at radius 1 is 0.850 bits per heavy atom.